The van der Waals surface area contributed by atoms with Crippen molar-refractivity contribution in [1.82, 2.24) is 0 Å². The maximum Gasteiger partial charge on any atom is 0.0390 e. The number of nitrogens with one attached hydrogen (secondary N) is 1. The van der Waals surface area contributed by atoms with Crippen LogP contribution in [0.2, 0.25) is 0 Å². The van der Waals surface area contributed by atoms with Gasteiger partial charge in [-0.25, -0.2) is 0 Å². The third-order valence-corrected chi connectivity index (χ3v) is 11.1. The van der Waals surface area contributed by atoms with Crippen LogP contribution in [0.25, 0.3) is 39.0 Å². The topological polar surface area (TPSA) is 12.0 Å². The van der Waals surface area contributed by atoms with Crippen molar-refractivity contribution in [3.8, 4) is 22.3 Å². The first-order valence-electron chi connectivity index (χ1n) is 22.3. The highest BCUT2D eigenvalue weighted by atomic mass is 14.9. The van der Waals surface area contributed by atoms with E-state index in [0.29, 0.717) is 5.92 Å². The Morgan fingerprint density at radius 2 is 1.11 bits per heavy atom. The molecule has 1 atom stereocenters. The molecule has 2 aliphatic rings. The van der Waals surface area contributed by atoms with Crippen LogP contribution in [0.4, 0.5) is 11.4 Å². The van der Waals surface area contributed by atoms with Crippen molar-refractivity contribution in [3.63, 3.8) is 0 Å². The van der Waals surface area contributed by atoms with Crippen LogP contribution in [0.15, 0.2) is 218 Å². The van der Waals surface area contributed by atoms with Crippen LogP contribution in [-0.2, 0) is 0 Å². The molecule has 1 N–H and O–H groups in total. The van der Waals surface area contributed by atoms with E-state index in [0.717, 1.165) is 42.6 Å². The number of hydrogen-bond donors (Lipinski definition) is 1. The summed E-state index contributed by atoms with van der Waals surface area (Å²) in [6.07, 6.45) is 25.8. The molecule has 308 valence electrons. The summed E-state index contributed by atoms with van der Waals surface area (Å²) in [5.74, 6) is 0.496. The van der Waals surface area contributed by atoms with Crippen LogP contribution in [0, 0.1) is 5.92 Å². The summed E-state index contributed by atoms with van der Waals surface area (Å²) >= 11 is 0. The molecular formula is C60H63N. The minimum absolute atomic E-state index is 0.496. The van der Waals surface area contributed by atoms with E-state index < -0.39 is 0 Å². The molecule has 0 radical (unpaired) electrons. The Labute approximate surface area is 367 Å². The molecule has 0 saturated heterocycles. The van der Waals surface area contributed by atoms with Gasteiger partial charge in [-0.1, -0.05) is 215 Å². The van der Waals surface area contributed by atoms with Gasteiger partial charge in [0.2, 0.25) is 0 Å². The number of benzene rings is 6. The molecule has 8 rings (SSSR count). The quantitative estimate of drug-likeness (QED) is 0.123. The molecule has 0 amide bonds. The van der Waals surface area contributed by atoms with Gasteiger partial charge in [0.05, 0.1) is 0 Å². The van der Waals surface area contributed by atoms with Gasteiger partial charge >= 0.3 is 0 Å². The summed E-state index contributed by atoms with van der Waals surface area (Å²) in [5, 5.41) is 3.62. The number of rotatable bonds is 13. The van der Waals surface area contributed by atoms with E-state index in [1.807, 2.05) is 37.3 Å². The molecule has 6 aromatic carbocycles. The summed E-state index contributed by atoms with van der Waals surface area (Å²) in [4.78, 5) is 0. The Balaban J connectivity index is 0.000000239. The smallest absolute Gasteiger partial charge is 0.0390 e. The largest absolute Gasteiger partial charge is 0.356 e. The molecule has 0 heterocycles. The molecule has 0 bridgehead atoms. The third kappa shape index (κ3) is 13.8. The molecule has 0 aromatic heterocycles. The fourth-order valence-corrected chi connectivity index (χ4v) is 7.80. The van der Waals surface area contributed by atoms with Crippen LogP contribution in [0.3, 0.4) is 0 Å². The van der Waals surface area contributed by atoms with Crippen LogP contribution >= 0.6 is 0 Å². The lowest BCUT2D eigenvalue weighted by atomic mass is 9.86. The summed E-state index contributed by atoms with van der Waals surface area (Å²) < 4.78 is 0. The standard InChI is InChI=1S/C39H43N.C12H10.C9H10/c1-3-13-33(31-17-9-6-10-18-31)27-34(14-4-2)35-19-11-20-36(28-35)37-21-12-22-39(29-37)40-38-25-23-32(24-26-38)30-15-7-5-8-16-30;1-3-7-11(8-4-1)12-9-5-2-6-10-12;1-8(2)9-6-4-3-5-7-9/h7,9,11-12,15-29,33,40H,3-6,8,10,13-14H2,1-2H3;1-10H;3-7H,1H2,2H3/b34-27+;;. The molecule has 0 spiro atoms. The third-order valence-electron chi connectivity index (χ3n) is 11.1. The average Bonchev–Trinajstić information content (AvgIpc) is 3.33. The minimum Gasteiger partial charge on any atom is -0.356 e. The zero-order valence-corrected chi connectivity index (χ0v) is 36.6. The second-order valence-electron chi connectivity index (χ2n) is 15.9. The van der Waals surface area contributed by atoms with E-state index in [1.54, 1.807) is 0 Å². The van der Waals surface area contributed by atoms with Crippen molar-refractivity contribution in [1.29, 1.82) is 0 Å². The molecule has 61 heavy (non-hydrogen) atoms. The van der Waals surface area contributed by atoms with Crippen molar-refractivity contribution >= 4 is 28.1 Å². The lowest BCUT2D eigenvalue weighted by Crippen LogP contribution is -2.03. The molecule has 1 heteroatoms. The first-order chi connectivity index (χ1) is 30.0. The van der Waals surface area contributed by atoms with Crippen LogP contribution in [0.1, 0.15) is 88.8 Å². The second-order valence-corrected chi connectivity index (χ2v) is 15.9. The van der Waals surface area contributed by atoms with Gasteiger partial charge in [-0.2, -0.15) is 0 Å². The second kappa shape index (κ2) is 24.0. The SMILES string of the molecule is C=C(C)c1ccccc1.CCC/C(=C\C(CCC)C1=CCCC=C1)c1cccc(-c2cccc(Nc3ccc(C4=CCCC=C4)cc3)c2)c1.c1ccc(-c2ccccc2)cc1. The van der Waals surface area contributed by atoms with Crippen LogP contribution < -0.4 is 5.32 Å². The Morgan fingerprint density at radius 1 is 0.541 bits per heavy atom. The Kier molecular flexibility index (Phi) is 17.3. The highest BCUT2D eigenvalue weighted by molar-refractivity contribution is 5.78. The van der Waals surface area contributed by atoms with Crippen molar-refractivity contribution in [2.75, 3.05) is 5.32 Å². The number of anilines is 2. The predicted octanol–water partition coefficient (Wildman–Crippen LogP) is 17.8. The summed E-state index contributed by atoms with van der Waals surface area (Å²) in [5.41, 5.74) is 16.5. The van der Waals surface area contributed by atoms with Gasteiger partial charge in [-0.05, 0) is 131 Å². The molecule has 1 nitrogen and oxygen atoms in total. The first kappa shape index (κ1) is 44.1. The summed E-state index contributed by atoms with van der Waals surface area (Å²) in [7, 11) is 0. The lowest BCUT2D eigenvalue weighted by molar-refractivity contribution is 0.662. The fraction of sp³-hybridized carbons (Fsp3) is 0.200. The number of hydrogen-bond acceptors (Lipinski definition) is 1. The molecular weight excluding hydrogens is 735 g/mol. The minimum atomic E-state index is 0.496. The van der Waals surface area contributed by atoms with Gasteiger partial charge in [0, 0.05) is 17.3 Å². The normalized spacial score (nSPS) is 13.7. The fourth-order valence-electron chi connectivity index (χ4n) is 7.80. The maximum atomic E-state index is 3.83. The van der Waals surface area contributed by atoms with Gasteiger partial charge in [0.25, 0.3) is 0 Å². The zero-order valence-electron chi connectivity index (χ0n) is 36.6. The van der Waals surface area contributed by atoms with Gasteiger partial charge in [-0.15, -0.1) is 0 Å². The Hall–Kier alpha value is -6.44. The molecule has 6 aromatic rings. The number of allylic oxidation sites excluding steroid dienone is 11. The monoisotopic (exact) mass is 797 g/mol. The highest BCUT2D eigenvalue weighted by Gasteiger charge is 2.14. The van der Waals surface area contributed by atoms with E-state index >= 15 is 0 Å². The van der Waals surface area contributed by atoms with Gasteiger partial charge < -0.3 is 5.32 Å². The average molecular weight is 798 g/mol. The zero-order chi connectivity index (χ0) is 42.5. The van der Waals surface area contributed by atoms with E-state index in [9.17, 15) is 0 Å². The van der Waals surface area contributed by atoms with Crippen molar-refractivity contribution < 1.29 is 0 Å². The van der Waals surface area contributed by atoms with Gasteiger partial charge in [-0.3, -0.25) is 0 Å². The molecule has 0 fully saturated rings. The van der Waals surface area contributed by atoms with E-state index in [4.69, 9.17) is 0 Å². The molecule has 0 saturated carbocycles. The Morgan fingerprint density at radius 3 is 1.67 bits per heavy atom. The summed E-state index contributed by atoms with van der Waals surface area (Å²) in [6, 6.07) is 57.6. The highest BCUT2D eigenvalue weighted by Crippen LogP contribution is 2.33. The van der Waals surface area contributed by atoms with E-state index in [1.165, 1.54) is 81.3 Å². The van der Waals surface area contributed by atoms with E-state index in [2.05, 4.69) is 202 Å². The molecule has 2 aliphatic carbocycles. The predicted molar refractivity (Wildman–Crippen MR) is 269 cm³/mol. The van der Waals surface area contributed by atoms with Gasteiger partial charge in [0.1, 0.15) is 0 Å². The van der Waals surface area contributed by atoms with Crippen LogP contribution in [0.5, 0.6) is 0 Å². The van der Waals surface area contributed by atoms with Crippen molar-refractivity contribution in [3.05, 3.63) is 235 Å². The first-order valence-corrected chi connectivity index (χ1v) is 22.3. The molecule has 0 aliphatic heterocycles. The van der Waals surface area contributed by atoms with Gasteiger partial charge in [0.15, 0.2) is 0 Å². The maximum absolute atomic E-state index is 3.83. The van der Waals surface area contributed by atoms with E-state index in [-0.39, 0.29) is 0 Å². The Bertz CT molecular complexity index is 2370. The van der Waals surface area contributed by atoms with Crippen LogP contribution in [-0.4, -0.2) is 0 Å². The van der Waals surface area contributed by atoms with Crippen molar-refractivity contribution in [2.45, 2.75) is 72.1 Å². The molecule has 1 unspecified atom stereocenters. The summed E-state index contributed by atoms with van der Waals surface area (Å²) in [6.45, 7) is 10.4. The van der Waals surface area contributed by atoms with Crippen molar-refractivity contribution in [2.24, 2.45) is 5.92 Å². The lowest BCUT2D eigenvalue weighted by Gasteiger charge is -2.19.